The van der Waals surface area contributed by atoms with Gasteiger partial charge in [-0.25, -0.2) is 9.97 Å². The van der Waals surface area contributed by atoms with E-state index in [2.05, 4.69) is 59.2 Å². The van der Waals surface area contributed by atoms with Crippen molar-refractivity contribution >= 4 is 11.9 Å². The van der Waals surface area contributed by atoms with Gasteiger partial charge in [0, 0.05) is 77.7 Å². The van der Waals surface area contributed by atoms with Crippen LogP contribution >= 0.6 is 0 Å². The molecular formula is C24H35N7O. The fourth-order valence-corrected chi connectivity index (χ4v) is 4.36. The van der Waals surface area contributed by atoms with E-state index in [9.17, 15) is 0 Å². The quantitative estimate of drug-likeness (QED) is 0.498. The molecule has 0 bridgehead atoms. The molecule has 0 aliphatic carbocycles. The van der Waals surface area contributed by atoms with Gasteiger partial charge in [0.15, 0.2) is 5.96 Å². The molecule has 1 aromatic carbocycles. The number of ether oxygens (including phenoxy) is 1. The van der Waals surface area contributed by atoms with Gasteiger partial charge < -0.3 is 19.9 Å². The van der Waals surface area contributed by atoms with E-state index in [1.807, 2.05) is 31.6 Å². The zero-order valence-electron chi connectivity index (χ0n) is 19.1. The Kier molecular flexibility index (Phi) is 8.28. The summed E-state index contributed by atoms with van der Waals surface area (Å²) in [7, 11) is 1.88. The van der Waals surface area contributed by atoms with Crippen molar-refractivity contribution in [1.82, 2.24) is 25.1 Å². The molecular weight excluding hydrogens is 402 g/mol. The molecule has 3 heterocycles. The standard InChI is InChI=1S/C24H35N7O/c1-25-23(31-12-8-22(18-31)20-32-19-21-6-3-2-4-7-21)28-11-13-29-14-16-30(17-15-29)24-26-9-5-10-27-24/h2-7,9-10,22H,8,11-20H2,1H3,(H,25,28). The molecule has 1 atom stereocenters. The van der Waals surface area contributed by atoms with Gasteiger partial charge in [-0.1, -0.05) is 30.3 Å². The SMILES string of the molecule is CN=C(NCCN1CCN(c2ncccn2)CC1)N1CCC(COCc2ccccc2)C1. The van der Waals surface area contributed by atoms with Crippen LogP contribution in [0.5, 0.6) is 0 Å². The minimum absolute atomic E-state index is 0.561. The molecule has 32 heavy (non-hydrogen) atoms. The molecule has 1 unspecified atom stereocenters. The summed E-state index contributed by atoms with van der Waals surface area (Å²) in [5.74, 6) is 2.40. The van der Waals surface area contributed by atoms with Gasteiger partial charge in [0.25, 0.3) is 0 Å². The van der Waals surface area contributed by atoms with Crippen LogP contribution in [-0.2, 0) is 11.3 Å². The molecule has 2 saturated heterocycles. The first kappa shape index (κ1) is 22.5. The van der Waals surface area contributed by atoms with Crippen LogP contribution in [-0.4, -0.2) is 91.7 Å². The summed E-state index contributed by atoms with van der Waals surface area (Å²) < 4.78 is 5.96. The fourth-order valence-electron chi connectivity index (χ4n) is 4.36. The number of hydrogen-bond acceptors (Lipinski definition) is 6. The first-order valence-corrected chi connectivity index (χ1v) is 11.6. The number of nitrogens with zero attached hydrogens (tertiary/aromatic N) is 6. The van der Waals surface area contributed by atoms with Crippen LogP contribution in [0.4, 0.5) is 5.95 Å². The van der Waals surface area contributed by atoms with Crippen LogP contribution in [0.25, 0.3) is 0 Å². The van der Waals surface area contributed by atoms with E-state index >= 15 is 0 Å². The Labute approximate surface area is 191 Å². The lowest BCUT2D eigenvalue weighted by Crippen LogP contribution is -2.50. The minimum Gasteiger partial charge on any atom is -0.376 e. The molecule has 172 valence electrons. The van der Waals surface area contributed by atoms with Crippen molar-refractivity contribution in [2.75, 3.05) is 70.9 Å². The Balaban J connectivity index is 1.12. The second kappa shape index (κ2) is 11.8. The maximum Gasteiger partial charge on any atom is 0.225 e. The number of likely N-dealkylation sites (tertiary alicyclic amines) is 1. The number of anilines is 1. The van der Waals surface area contributed by atoms with Crippen molar-refractivity contribution < 1.29 is 4.74 Å². The van der Waals surface area contributed by atoms with Gasteiger partial charge in [-0.05, 0) is 18.1 Å². The van der Waals surface area contributed by atoms with E-state index < -0.39 is 0 Å². The van der Waals surface area contributed by atoms with Crippen LogP contribution in [0.1, 0.15) is 12.0 Å². The first-order valence-electron chi connectivity index (χ1n) is 11.6. The van der Waals surface area contributed by atoms with Crippen molar-refractivity contribution in [2.24, 2.45) is 10.9 Å². The number of rotatable bonds is 8. The smallest absolute Gasteiger partial charge is 0.225 e. The fraction of sp³-hybridized carbons (Fsp3) is 0.542. The molecule has 1 aromatic heterocycles. The predicted molar refractivity (Wildman–Crippen MR) is 128 cm³/mol. The molecule has 1 N–H and O–H groups in total. The van der Waals surface area contributed by atoms with E-state index in [4.69, 9.17) is 4.74 Å². The highest BCUT2D eigenvalue weighted by Crippen LogP contribution is 2.17. The molecule has 2 fully saturated rings. The van der Waals surface area contributed by atoms with Crippen molar-refractivity contribution in [3.05, 3.63) is 54.4 Å². The molecule has 8 heteroatoms. The van der Waals surface area contributed by atoms with Gasteiger partial charge in [-0.15, -0.1) is 0 Å². The molecule has 0 spiro atoms. The van der Waals surface area contributed by atoms with Crippen molar-refractivity contribution in [3.8, 4) is 0 Å². The third-order valence-corrected chi connectivity index (χ3v) is 6.18. The maximum absolute atomic E-state index is 5.96. The predicted octanol–water partition coefficient (Wildman–Crippen LogP) is 1.71. The summed E-state index contributed by atoms with van der Waals surface area (Å²) in [5.41, 5.74) is 1.23. The van der Waals surface area contributed by atoms with Gasteiger partial charge in [-0.3, -0.25) is 9.89 Å². The third kappa shape index (κ3) is 6.40. The van der Waals surface area contributed by atoms with Crippen molar-refractivity contribution in [1.29, 1.82) is 0 Å². The van der Waals surface area contributed by atoms with Crippen LogP contribution in [0.15, 0.2) is 53.8 Å². The van der Waals surface area contributed by atoms with Gasteiger partial charge in [-0.2, -0.15) is 0 Å². The highest BCUT2D eigenvalue weighted by molar-refractivity contribution is 5.80. The molecule has 2 aromatic rings. The minimum atomic E-state index is 0.561. The lowest BCUT2D eigenvalue weighted by Gasteiger charge is -2.34. The summed E-state index contributed by atoms with van der Waals surface area (Å²) in [6, 6.07) is 12.2. The lowest BCUT2D eigenvalue weighted by atomic mass is 10.1. The summed E-state index contributed by atoms with van der Waals surface area (Å²) in [4.78, 5) is 20.3. The molecule has 2 aliphatic rings. The van der Waals surface area contributed by atoms with E-state index in [1.165, 1.54) is 5.56 Å². The highest BCUT2D eigenvalue weighted by Gasteiger charge is 2.25. The topological polar surface area (TPSA) is 69.1 Å². The van der Waals surface area contributed by atoms with Crippen LogP contribution in [0, 0.1) is 5.92 Å². The van der Waals surface area contributed by atoms with Crippen LogP contribution < -0.4 is 10.2 Å². The molecule has 0 amide bonds. The number of hydrogen-bond donors (Lipinski definition) is 1. The van der Waals surface area contributed by atoms with E-state index in [1.54, 1.807) is 0 Å². The lowest BCUT2D eigenvalue weighted by molar-refractivity contribution is 0.0906. The second-order valence-electron chi connectivity index (χ2n) is 8.45. The summed E-state index contributed by atoms with van der Waals surface area (Å²) >= 11 is 0. The van der Waals surface area contributed by atoms with Gasteiger partial charge in [0.05, 0.1) is 13.2 Å². The summed E-state index contributed by atoms with van der Waals surface area (Å²) in [5, 5.41) is 3.56. The van der Waals surface area contributed by atoms with E-state index in [-0.39, 0.29) is 0 Å². The molecule has 4 rings (SSSR count). The average molecular weight is 438 g/mol. The molecule has 0 radical (unpaired) electrons. The van der Waals surface area contributed by atoms with Crippen molar-refractivity contribution in [3.63, 3.8) is 0 Å². The summed E-state index contributed by atoms with van der Waals surface area (Å²) in [6.07, 6.45) is 4.77. The Morgan fingerprint density at radius 2 is 1.84 bits per heavy atom. The number of aromatic nitrogens is 2. The van der Waals surface area contributed by atoms with E-state index in [0.717, 1.165) is 77.3 Å². The maximum atomic E-state index is 5.96. The molecule has 2 aliphatic heterocycles. The van der Waals surface area contributed by atoms with Crippen molar-refractivity contribution in [2.45, 2.75) is 13.0 Å². The highest BCUT2D eigenvalue weighted by atomic mass is 16.5. The van der Waals surface area contributed by atoms with Crippen LogP contribution in [0.3, 0.4) is 0 Å². The Morgan fingerprint density at radius 3 is 2.59 bits per heavy atom. The monoisotopic (exact) mass is 437 g/mol. The van der Waals surface area contributed by atoms with Gasteiger partial charge in [0.2, 0.25) is 5.95 Å². The zero-order chi connectivity index (χ0) is 22.0. The third-order valence-electron chi connectivity index (χ3n) is 6.18. The largest absolute Gasteiger partial charge is 0.376 e. The van der Waals surface area contributed by atoms with E-state index in [0.29, 0.717) is 12.5 Å². The number of benzene rings is 1. The van der Waals surface area contributed by atoms with Crippen LogP contribution in [0.2, 0.25) is 0 Å². The van der Waals surface area contributed by atoms with Gasteiger partial charge in [0.1, 0.15) is 0 Å². The second-order valence-corrected chi connectivity index (χ2v) is 8.45. The molecule has 0 saturated carbocycles. The average Bonchev–Trinajstić information content (AvgIpc) is 3.32. The summed E-state index contributed by atoms with van der Waals surface area (Å²) in [6.45, 7) is 9.45. The number of piperazine rings is 1. The Morgan fingerprint density at radius 1 is 1.06 bits per heavy atom. The number of guanidine groups is 1. The number of nitrogens with one attached hydrogen (secondary N) is 1. The Hall–Kier alpha value is -2.71. The van der Waals surface area contributed by atoms with Gasteiger partial charge >= 0.3 is 0 Å². The molecule has 8 nitrogen and oxygen atoms in total. The zero-order valence-corrected chi connectivity index (χ0v) is 19.1. The Bertz CT molecular complexity index is 825. The first-order chi connectivity index (χ1) is 15.8. The normalized spacial score (nSPS) is 20.0. The number of aliphatic imine (C=N–C) groups is 1.